The normalized spacial score (nSPS) is 12.8. The van der Waals surface area contributed by atoms with Crippen LogP contribution >= 0.6 is 0 Å². The summed E-state index contributed by atoms with van der Waals surface area (Å²) < 4.78 is 6.70. The van der Waals surface area contributed by atoms with Crippen molar-refractivity contribution in [2.75, 3.05) is 0 Å². The molecule has 4 heteroatoms. The molecule has 0 atom stereocenters. The van der Waals surface area contributed by atoms with Crippen LogP contribution in [0.15, 0.2) is 229 Å². The first kappa shape index (κ1) is 36.2. The van der Waals surface area contributed by atoms with E-state index in [2.05, 4.69) is 212 Å². The lowest BCUT2D eigenvalue weighted by atomic mass is 9.67. The predicted octanol–water partition coefficient (Wildman–Crippen LogP) is 15.1. The molecule has 0 saturated carbocycles. The van der Waals surface area contributed by atoms with Gasteiger partial charge in [-0.1, -0.05) is 194 Å². The molecule has 0 amide bonds. The number of fused-ring (bicyclic) bond motifs is 8. The van der Waals surface area contributed by atoms with Crippen LogP contribution in [0, 0.1) is 0 Å². The standard InChI is InChI=1S/C60H37N3O/c1-2-17-46(18-3-1)60(52-22-10-8-19-48(52)49-20-9-11-23-53(49)60)47-33-34-54-51(37-47)56-50(21-12-24-55(56)64-54)59-62-57(61-58(63-59)45-32-28-39-14-5-7-16-43(39)36-45)41-29-25-40(26-30-41)44-31-27-38-13-4-6-15-42(38)35-44/h1-37H. The fourth-order valence-electron chi connectivity index (χ4n) is 10.2. The second-order valence-electron chi connectivity index (χ2n) is 16.7. The van der Waals surface area contributed by atoms with E-state index in [1.54, 1.807) is 0 Å². The molecule has 64 heavy (non-hydrogen) atoms. The minimum Gasteiger partial charge on any atom is -0.456 e. The van der Waals surface area contributed by atoms with Gasteiger partial charge in [-0.25, -0.2) is 15.0 Å². The van der Waals surface area contributed by atoms with Crippen LogP contribution in [0.5, 0.6) is 0 Å². The van der Waals surface area contributed by atoms with E-state index in [9.17, 15) is 0 Å². The molecule has 0 spiro atoms. The van der Waals surface area contributed by atoms with Crippen LogP contribution in [0.4, 0.5) is 0 Å². The Balaban J connectivity index is 1.01. The van der Waals surface area contributed by atoms with E-state index in [-0.39, 0.29) is 0 Å². The first-order chi connectivity index (χ1) is 31.7. The monoisotopic (exact) mass is 815 g/mol. The second kappa shape index (κ2) is 14.3. The molecule has 12 aromatic rings. The highest BCUT2D eigenvalue weighted by atomic mass is 16.3. The molecule has 1 aliphatic carbocycles. The van der Waals surface area contributed by atoms with E-state index < -0.39 is 5.41 Å². The van der Waals surface area contributed by atoms with Crippen LogP contribution in [-0.2, 0) is 5.41 Å². The molecule has 0 aliphatic heterocycles. The molecule has 298 valence electrons. The Morgan fingerprint density at radius 3 is 1.55 bits per heavy atom. The molecule has 2 aromatic heterocycles. The molecular weight excluding hydrogens is 779 g/mol. The zero-order valence-corrected chi connectivity index (χ0v) is 34.6. The zero-order chi connectivity index (χ0) is 42.2. The van der Waals surface area contributed by atoms with E-state index >= 15 is 0 Å². The number of rotatable bonds is 6. The smallest absolute Gasteiger partial charge is 0.164 e. The summed E-state index contributed by atoms with van der Waals surface area (Å²) in [6.45, 7) is 0. The summed E-state index contributed by atoms with van der Waals surface area (Å²) in [5.74, 6) is 1.79. The van der Waals surface area contributed by atoms with Gasteiger partial charge in [-0.2, -0.15) is 0 Å². The molecule has 10 aromatic carbocycles. The van der Waals surface area contributed by atoms with Crippen molar-refractivity contribution >= 4 is 43.5 Å². The minimum atomic E-state index is -0.552. The Labute approximate surface area is 369 Å². The van der Waals surface area contributed by atoms with Crippen molar-refractivity contribution in [2.24, 2.45) is 0 Å². The quantitative estimate of drug-likeness (QED) is 0.168. The summed E-state index contributed by atoms with van der Waals surface area (Å²) in [7, 11) is 0. The van der Waals surface area contributed by atoms with Gasteiger partial charge < -0.3 is 4.42 Å². The summed E-state index contributed by atoms with van der Waals surface area (Å²) >= 11 is 0. The van der Waals surface area contributed by atoms with Crippen molar-refractivity contribution in [3.63, 3.8) is 0 Å². The number of hydrogen-bond acceptors (Lipinski definition) is 4. The molecular formula is C60H37N3O. The van der Waals surface area contributed by atoms with Crippen LogP contribution in [0.2, 0.25) is 0 Å². The molecule has 0 fully saturated rings. The van der Waals surface area contributed by atoms with Gasteiger partial charge in [0.1, 0.15) is 11.2 Å². The third-order valence-electron chi connectivity index (χ3n) is 13.2. The van der Waals surface area contributed by atoms with Gasteiger partial charge >= 0.3 is 0 Å². The highest BCUT2D eigenvalue weighted by molar-refractivity contribution is 6.12. The SMILES string of the molecule is c1ccc(C2(c3ccc4oc5cccc(-c6nc(-c7ccc(-c8ccc9ccccc9c8)cc7)nc(-c7ccc8ccccc8c7)n6)c5c4c3)c3ccccc3-c3ccccc32)cc1. The summed E-state index contributed by atoms with van der Waals surface area (Å²) in [5.41, 5.74) is 13.5. The summed E-state index contributed by atoms with van der Waals surface area (Å²) in [4.78, 5) is 15.8. The molecule has 0 bridgehead atoms. The third-order valence-corrected chi connectivity index (χ3v) is 13.2. The molecule has 13 rings (SSSR count). The maximum atomic E-state index is 6.70. The second-order valence-corrected chi connectivity index (χ2v) is 16.7. The first-order valence-corrected chi connectivity index (χ1v) is 21.7. The van der Waals surface area contributed by atoms with Crippen molar-refractivity contribution in [3.05, 3.63) is 247 Å². The van der Waals surface area contributed by atoms with Crippen molar-refractivity contribution in [1.82, 2.24) is 15.0 Å². The minimum absolute atomic E-state index is 0.552. The van der Waals surface area contributed by atoms with Gasteiger partial charge in [-0.15, -0.1) is 0 Å². The van der Waals surface area contributed by atoms with Crippen LogP contribution in [0.25, 0.3) is 99.9 Å². The lowest BCUT2D eigenvalue weighted by molar-refractivity contribution is 0.668. The van der Waals surface area contributed by atoms with Crippen LogP contribution in [0.3, 0.4) is 0 Å². The molecule has 0 radical (unpaired) electrons. The van der Waals surface area contributed by atoms with Crippen molar-refractivity contribution in [3.8, 4) is 56.4 Å². The fourth-order valence-corrected chi connectivity index (χ4v) is 10.2. The van der Waals surface area contributed by atoms with Crippen molar-refractivity contribution in [2.45, 2.75) is 5.41 Å². The Kier molecular flexibility index (Phi) is 8.09. The zero-order valence-electron chi connectivity index (χ0n) is 34.6. The van der Waals surface area contributed by atoms with Crippen molar-refractivity contribution in [1.29, 1.82) is 0 Å². The maximum absolute atomic E-state index is 6.70. The summed E-state index contributed by atoms with van der Waals surface area (Å²) in [5, 5.41) is 6.71. The lowest BCUT2D eigenvalue weighted by Crippen LogP contribution is -2.28. The van der Waals surface area contributed by atoms with E-state index in [1.807, 2.05) is 12.1 Å². The number of furan rings is 1. The summed E-state index contributed by atoms with van der Waals surface area (Å²) in [6, 6.07) is 80.0. The Morgan fingerprint density at radius 2 is 0.844 bits per heavy atom. The van der Waals surface area contributed by atoms with Gasteiger partial charge in [0.2, 0.25) is 0 Å². The van der Waals surface area contributed by atoms with Gasteiger partial charge in [-0.3, -0.25) is 0 Å². The third kappa shape index (κ3) is 5.59. The van der Waals surface area contributed by atoms with E-state index in [0.717, 1.165) is 60.5 Å². The first-order valence-electron chi connectivity index (χ1n) is 21.7. The van der Waals surface area contributed by atoms with Gasteiger partial charge in [0.05, 0.1) is 5.41 Å². The topological polar surface area (TPSA) is 51.8 Å². The number of aromatic nitrogens is 3. The van der Waals surface area contributed by atoms with Crippen LogP contribution in [-0.4, -0.2) is 15.0 Å². The largest absolute Gasteiger partial charge is 0.456 e. The highest BCUT2D eigenvalue weighted by Crippen LogP contribution is 2.56. The molecule has 4 nitrogen and oxygen atoms in total. The lowest BCUT2D eigenvalue weighted by Gasteiger charge is -2.33. The van der Waals surface area contributed by atoms with Crippen molar-refractivity contribution < 1.29 is 4.42 Å². The molecule has 0 N–H and O–H groups in total. The Morgan fingerprint density at radius 1 is 0.312 bits per heavy atom. The number of benzene rings is 10. The molecule has 0 unspecified atom stereocenters. The van der Waals surface area contributed by atoms with Crippen LogP contribution in [0.1, 0.15) is 22.3 Å². The Hall–Kier alpha value is -8.47. The average Bonchev–Trinajstić information content (AvgIpc) is 3.90. The highest BCUT2D eigenvalue weighted by Gasteiger charge is 2.46. The maximum Gasteiger partial charge on any atom is 0.164 e. The number of nitrogens with zero attached hydrogens (tertiary/aromatic N) is 3. The summed E-state index contributed by atoms with van der Waals surface area (Å²) in [6.07, 6.45) is 0. The number of hydrogen-bond donors (Lipinski definition) is 0. The molecule has 1 aliphatic rings. The van der Waals surface area contributed by atoms with Gasteiger partial charge in [0.25, 0.3) is 0 Å². The molecule has 0 saturated heterocycles. The average molecular weight is 816 g/mol. The van der Waals surface area contributed by atoms with Crippen LogP contribution < -0.4 is 0 Å². The fraction of sp³-hybridized carbons (Fsp3) is 0.0167. The molecule has 2 heterocycles. The van der Waals surface area contributed by atoms with Gasteiger partial charge in [-0.05, 0) is 96.4 Å². The van der Waals surface area contributed by atoms with Gasteiger partial charge in [0.15, 0.2) is 17.5 Å². The van der Waals surface area contributed by atoms with Gasteiger partial charge in [0, 0.05) is 27.5 Å². The predicted molar refractivity (Wildman–Crippen MR) is 261 cm³/mol. The van der Waals surface area contributed by atoms with E-state index in [0.29, 0.717) is 17.5 Å². The van der Waals surface area contributed by atoms with E-state index in [1.165, 1.54) is 44.2 Å². The Bertz CT molecular complexity index is 3750. The van der Waals surface area contributed by atoms with E-state index in [4.69, 9.17) is 19.4 Å².